The molecular formula is C26H28N2O3S. The molecule has 1 amide bonds. The molecular weight excluding hydrogens is 420 g/mol. The number of amides is 1. The second-order valence-electron chi connectivity index (χ2n) is 7.98. The summed E-state index contributed by atoms with van der Waals surface area (Å²) >= 11 is 0. The topological polar surface area (TPSA) is 57.7 Å². The Morgan fingerprint density at radius 2 is 1.28 bits per heavy atom. The van der Waals surface area contributed by atoms with Crippen LogP contribution in [0.4, 0.5) is 0 Å². The highest BCUT2D eigenvalue weighted by Gasteiger charge is 2.33. The number of nitrogens with zero attached hydrogens (tertiary/aromatic N) is 2. The molecule has 0 aliphatic carbocycles. The molecule has 166 valence electrons. The summed E-state index contributed by atoms with van der Waals surface area (Å²) in [6, 6.07) is 26.6. The van der Waals surface area contributed by atoms with Crippen LogP contribution in [0.5, 0.6) is 0 Å². The predicted octanol–water partition coefficient (Wildman–Crippen LogP) is 3.91. The van der Waals surface area contributed by atoms with Crippen molar-refractivity contribution in [1.29, 1.82) is 0 Å². The van der Waals surface area contributed by atoms with E-state index in [2.05, 4.69) is 0 Å². The van der Waals surface area contributed by atoms with Gasteiger partial charge in [0.05, 0.1) is 10.8 Å². The Morgan fingerprint density at radius 3 is 1.75 bits per heavy atom. The van der Waals surface area contributed by atoms with E-state index in [4.69, 9.17) is 0 Å². The Labute approximate surface area is 190 Å². The molecule has 0 spiro atoms. The molecule has 0 unspecified atom stereocenters. The lowest BCUT2D eigenvalue weighted by atomic mass is 9.90. The normalized spacial score (nSPS) is 15.1. The van der Waals surface area contributed by atoms with Crippen LogP contribution in [0.15, 0.2) is 89.8 Å². The van der Waals surface area contributed by atoms with Crippen molar-refractivity contribution in [3.05, 3.63) is 102 Å². The molecule has 32 heavy (non-hydrogen) atoms. The van der Waals surface area contributed by atoms with Gasteiger partial charge in [-0.1, -0.05) is 79.7 Å². The number of carbonyl (C=O) groups is 1. The first-order valence-corrected chi connectivity index (χ1v) is 12.4. The molecule has 1 fully saturated rings. The van der Waals surface area contributed by atoms with Crippen LogP contribution >= 0.6 is 0 Å². The van der Waals surface area contributed by atoms with Crippen LogP contribution in [0.25, 0.3) is 0 Å². The van der Waals surface area contributed by atoms with Gasteiger partial charge in [0.2, 0.25) is 15.9 Å². The average molecular weight is 449 g/mol. The average Bonchev–Trinajstić information content (AvgIpc) is 2.85. The van der Waals surface area contributed by atoms with Gasteiger partial charge in [0.15, 0.2) is 0 Å². The summed E-state index contributed by atoms with van der Waals surface area (Å²) in [5, 5.41) is 0. The number of hydrogen-bond acceptors (Lipinski definition) is 3. The number of sulfonamides is 1. The fourth-order valence-electron chi connectivity index (χ4n) is 4.15. The smallest absolute Gasteiger partial charge is 0.243 e. The maximum atomic E-state index is 13.6. The van der Waals surface area contributed by atoms with Gasteiger partial charge in [0.1, 0.15) is 0 Å². The van der Waals surface area contributed by atoms with Crippen molar-refractivity contribution in [3.8, 4) is 0 Å². The molecule has 1 aliphatic rings. The van der Waals surface area contributed by atoms with Crippen LogP contribution in [-0.2, 0) is 21.2 Å². The Balaban J connectivity index is 1.50. The van der Waals surface area contributed by atoms with E-state index in [1.807, 2.05) is 79.7 Å². The fourth-order valence-corrected chi connectivity index (χ4v) is 5.57. The van der Waals surface area contributed by atoms with E-state index in [0.29, 0.717) is 31.1 Å². The highest BCUT2D eigenvalue weighted by molar-refractivity contribution is 7.89. The fraction of sp³-hybridized carbons (Fsp3) is 0.269. The Kier molecular flexibility index (Phi) is 6.72. The van der Waals surface area contributed by atoms with Crippen molar-refractivity contribution in [3.63, 3.8) is 0 Å². The molecule has 4 rings (SSSR count). The zero-order valence-corrected chi connectivity index (χ0v) is 19.0. The third kappa shape index (κ3) is 4.61. The summed E-state index contributed by atoms with van der Waals surface area (Å²) in [5.41, 5.74) is 2.98. The van der Waals surface area contributed by atoms with Crippen LogP contribution in [0.3, 0.4) is 0 Å². The maximum Gasteiger partial charge on any atom is 0.243 e. The highest BCUT2D eigenvalue weighted by Crippen LogP contribution is 2.28. The van der Waals surface area contributed by atoms with E-state index in [9.17, 15) is 13.2 Å². The molecule has 3 aromatic rings. The third-order valence-corrected chi connectivity index (χ3v) is 7.95. The molecule has 1 aliphatic heterocycles. The second kappa shape index (κ2) is 9.67. The minimum atomic E-state index is -3.57. The molecule has 1 heterocycles. The van der Waals surface area contributed by atoms with Gasteiger partial charge in [-0.3, -0.25) is 4.79 Å². The second-order valence-corrected chi connectivity index (χ2v) is 9.92. The Bertz CT molecular complexity index is 1100. The molecule has 1 saturated heterocycles. The molecule has 0 atom stereocenters. The summed E-state index contributed by atoms with van der Waals surface area (Å²) < 4.78 is 27.6. The molecule has 0 N–H and O–H groups in total. The SMILES string of the molecule is CCc1ccc(S(=O)(=O)N2CCN(C(=O)C(c3ccccc3)c3ccccc3)CC2)cc1. The summed E-state index contributed by atoms with van der Waals surface area (Å²) in [4.78, 5) is 15.6. The number of piperazine rings is 1. The van der Waals surface area contributed by atoms with E-state index in [1.54, 1.807) is 17.0 Å². The predicted molar refractivity (Wildman–Crippen MR) is 126 cm³/mol. The van der Waals surface area contributed by atoms with E-state index in [-0.39, 0.29) is 5.91 Å². The minimum absolute atomic E-state index is 0.00625. The first-order chi connectivity index (χ1) is 15.5. The van der Waals surface area contributed by atoms with Gasteiger partial charge in [0, 0.05) is 26.2 Å². The lowest BCUT2D eigenvalue weighted by molar-refractivity contribution is -0.133. The molecule has 6 heteroatoms. The number of rotatable bonds is 6. The van der Waals surface area contributed by atoms with Crippen molar-refractivity contribution >= 4 is 15.9 Å². The van der Waals surface area contributed by atoms with Gasteiger partial charge in [-0.2, -0.15) is 4.31 Å². The van der Waals surface area contributed by atoms with Crippen LogP contribution < -0.4 is 0 Å². The molecule has 0 aromatic heterocycles. The van der Waals surface area contributed by atoms with Crippen molar-refractivity contribution in [1.82, 2.24) is 9.21 Å². The van der Waals surface area contributed by atoms with Crippen LogP contribution in [0, 0.1) is 0 Å². The van der Waals surface area contributed by atoms with Crippen molar-refractivity contribution in [2.24, 2.45) is 0 Å². The zero-order chi connectivity index (χ0) is 22.6. The lowest BCUT2D eigenvalue weighted by Gasteiger charge is -2.36. The number of carbonyl (C=O) groups excluding carboxylic acids is 1. The first-order valence-electron chi connectivity index (χ1n) is 11.0. The van der Waals surface area contributed by atoms with Crippen molar-refractivity contribution < 1.29 is 13.2 Å². The monoisotopic (exact) mass is 448 g/mol. The van der Waals surface area contributed by atoms with Crippen LogP contribution in [0.1, 0.15) is 29.5 Å². The summed E-state index contributed by atoms with van der Waals surface area (Å²) in [6.07, 6.45) is 0.866. The molecule has 0 saturated carbocycles. The molecule has 5 nitrogen and oxygen atoms in total. The Hall–Kier alpha value is -2.96. The number of aryl methyl sites for hydroxylation is 1. The zero-order valence-electron chi connectivity index (χ0n) is 18.2. The summed E-state index contributed by atoms with van der Waals surface area (Å²) in [6.45, 7) is 3.38. The van der Waals surface area contributed by atoms with E-state index in [1.165, 1.54) is 4.31 Å². The van der Waals surface area contributed by atoms with Crippen LogP contribution in [-0.4, -0.2) is 49.7 Å². The Morgan fingerprint density at radius 1 is 0.781 bits per heavy atom. The highest BCUT2D eigenvalue weighted by atomic mass is 32.2. The molecule has 0 radical (unpaired) electrons. The molecule has 3 aromatic carbocycles. The van der Waals surface area contributed by atoms with Crippen LogP contribution in [0.2, 0.25) is 0 Å². The lowest BCUT2D eigenvalue weighted by Crippen LogP contribution is -2.51. The summed E-state index contributed by atoms with van der Waals surface area (Å²) in [5.74, 6) is -0.395. The first kappa shape index (κ1) is 22.2. The quantitative estimate of drug-likeness (QED) is 0.574. The maximum absolute atomic E-state index is 13.6. The molecule has 0 bridgehead atoms. The largest absolute Gasteiger partial charge is 0.339 e. The minimum Gasteiger partial charge on any atom is -0.339 e. The van der Waals surface area contributed by atoms with Crippen molar-refractivity contribution in [2.45, 2.75) is 24.2 Å². The number of benzene rings is 3. The van der Waals surface area contributed by atoms with E-state index >= 15 is 0 Å². The number of hydrogen-bond donors (Lipinski definition) is 0. The van der Waals surface area contributed by atoms with Gasteiger partial charge in [0.25, 0.3) is 0 Å². The standard InChI is InChI=1S/C26H28N2O3S/c1-2-21-13-15-24(16-14-21)32(30,31)28-19-17-27(18-20-28)26(29)25(22-9-5-3-6-10-22)23-11-7-4-8-12-23/h3-16,25H,2,17-20H2,1H3. The van der Waals surface area contributed by atoms with E-state index < -0.39 is 15.9 Å². The van der Waals surface area contributed by atoms with Gasteiger partial charge >= 0.3 is 0 Å². The van der Waals surface area contributed by atoms with Crippen molar-refractivity contribution in [2.75, 3.05) is 26.2 Å². The van der Waals surface area contributed by atoms with E-state index in [0.717, 1.165) is 23.1 Å². The van der Waals surface area contributed by atoms with Gasteiger partial charge in [-0.05, 0) is 35.2 Å². The van der Waals surface area contributed by atoms with Gasteiger partial charge < -0.3 is 4.90 Å². The van der Waals surface area contributed by atoms with Gasteiger partial charge in [-0.25, -0.2) is 8.42 Å². The third-order valence-electron chi connectivity index (χ3n) is 6.03. The van der Waals surface area contributed by atoms with Gasteiger partial charge in [-0.15, -0.1) is 0 Å². The summed E-state index contributed by atoms with van der Waals surface area (Å²) in [7, 11) is -3.57.